The van der Waals surface area contributed by atoms with Crippen molar-refractivity contribution in [3.63, 3.8) is 0 Å². The number of rotatable bonds is 4. The molecule has 1 aromatic heterocycles. The summed E-state index contributed by atoms with van der Waals surface area (Å²) in [6.45, 7) is 5.22. The van der Waals surface area contributed by atoms with E-state index < -0.39 is 34.9 Å². The summed E-state index contributed by atoms with van der Waals surface area (Å²) in [7, 11) is 0. The monoisotopic (exact) mass is 357 g/mol. The summed E-state index contributed by atoms with van der Waals surface area (Å²) in [6, 6.07) is 1.49. The van der Waals surface area contributed by atoms with Crippen LogP contribution >= 0.6 is 11.3 Å². The lowest BCUT2D eigenvalue weighted by Gasteiger charge is -2.08. The highest BCUT2D eigenvalue weighted by atomic mass is 32.1. The third kappa shape index (κ3) is 3.28. The molecule has 0 bridgehead atoms. The number of esters is 1. The quantitative estimate of drug-likeness (QED) is 0.659. The largest absolute Gasteiger partial charge is 0.462 e. The zero-order valence-corrected chi connectivity index (χ0v) is 13.9. The van der Waals surface area contributed by atoms with E-state index in [4.69, 9.17) is 4.74 Å². The number of carbonyl (C=O) groups is 2. The first-order valence-electron chi connectivity index (χ1n) is 6.99. The van der Waals surface area contributed by atoms with Gasteiger partial charge in [-0.1, -0.05) is 0 Å². The molecule has 1 heterocycles. The number of ether oxygens (including phenoxy) is 1. The number of aryl methyl sites for hydroxylation is 1. The maximum absolute atomic E-state index is 13.7. The van der Waals surface area contributed by atoms with Crippen LogP contribution in [0.3, 0.4) is 0 Å². The Kier molecular flexibility index (Phi) is 5.28. The zero-order valence-electron chi connectivity index (χ0n) is 13.1. The summed E-state index contributed by atoms with van der Waals surface area (Å²) < 4.78 is 44.9. The molecular weight excluding hydrogens is 343 g/mol. The number of anilines is 1. The minimum Gasteiger partial charge on any atom is -0.462 e. The molecule has 0 unspecified atom stereocenters. The van der Waals surface area contributed by atoms with Crippen LogP contribution in [0.2, 0.25) is 0 Å². The van der Waals surface area contributed by atoms with Gasteiger partial charge in [-0.3, -0.25) is 4.79 Å². The molecule has 24 heavy (non-hydrogen) atoms. The van der Waals surface area contributed by atoms with Gasteiger partial charge in [-0.25, -0.2) is 18.0 Å². The number of halogens is 3. The molecule has 0 saturated heterocycles. The number of hydrogen-bond donors (Lipinski definition) is 1. The summed E-state index contributed by atoms with van der Waals surface area (Å²) in [6.07, 6.45) is 0. The van der Waals surface area contributed by atoms with Gasteiger partial charge in [-0.2, -0.15) is 0 Å². The van der Waals surface area contributed by atoms with E-state index in [9.17, 15) is 22.8 Å². The van der Waals surface area contributed by atoms with Gasteiger partial charge < -0.3 is 10.1 Å². The summed E-state index contributed by atoms with van der Waals surface area (Å²) in [5.41, 5.74) is 0.127. The van der Waals surface area contributed by atoms with Crippen LogP contribution in [0.25, 0.3) is 0 Å². The Morgan fingerprint density at radius 1 is 1.17 bits per heavy atom. The molecule has 0 atom stereocenters. The predicted molar refractivity (Wildman–Crippen MR) is 84.0 cm³/mol. The third-order valence-electron chi connectivity index (χ3n) is 3.37. The molecule has 0 fully saturated rings. The lowest BCUT2D eigenvalue weighted by Crippen LogP contribution is -2.17. The topological polar surface area (TPSA) is 55.4 Å². The van der Waals surface area contributed by atoms with Gasteiger partial charge in [0.15, 0.2) is 17.5 Å². The van der Waals surface area contributed by atoms with Crippen LogP contribution in [-0.2, 0) is 4.74 Å². The van der Waals surface area contributed by atoms with E-state index >= 15 is 0 Å². The van der Waals surface area contributed by atoms with Crippen LogP contribution < -0.4 is 5.32 Å². The minimum absolute atomic E-state index is 0.151. The van der Waals surface area contributed by atoms with Crippen LogP contribution in [0.5, 0.6) is 0 Å². The van der Waals surface area contributed by atoms with E-state index in [0.29, 0.717) is 11.6 Å². The second-order valence-corrected chi connectivity index (χ2v) is 6.11. The molecule has 0 radical (unpaired) electrons. The molecule has 0 aliphatic heterocycles. The van der Waals surface area contributed by atoms with Crippen LogP contribution in [-0.4, -0.2) is 18.5 Å². The molecule has 2 rings (SSSR count). The molecule has 0 saturated carbocycles. The molecular formula is C16H14F3NO3S. The van der Waals surface area contributed by atoms with Crippen molar-refractivity contribution in [2.24, 2.45) is 0 Å². The highest BCUT2D eigenvalue weighted by molar-refractivity contribution is 7.16. The van der Waals surface area contributed by atoms with Crippen molar-refractivity contribution in [1.82, 2.24) is 0 Å². The van der Waals surface area contributed by atoms with Gasteiger partial charge in [0.2, 0.25) is 0 Å². The highest BCUT2D eigenvalue weighted by Gasteiger charge is 2.24. The van der Waals surface area contributed by atoms with E-state index in [1.807, 2.05) is 0 Å². The average molecular weight is 357 g/mol. The number of benzene rings is 1. The predicted octanol–water partition coefficient (Wildman–Crippen LogP) is 4.21. The molecule has 1 N–H and O–H groups in total. The molecule has 128 valence electrons. The van der Waals surface area contributed by atoms with Crippen molar-refractivity contribution in [3.8, 4) is 0 Å². The van der Waals surface area contributed by atoms with Crippen LogP contribution in [0.1, 0.15) is 38.1 Å². The van der Waals surface area contributed by atoms with Crippen LogP contribution in [0, 0.1) is 31.3 Å². The number of amides is 1. The van der Waals surface area contributed by atoms with Gasteiger partial charge in [0, 0.05) is 4.88 Å². The van der Waals surface area contributed by atoms with Crippen molar-refractivity contribution in [3.05, 3.63) is 51.2 Å². The number of hydrogen-bond acceptors (Lipinski definition) is 4. The molecule has 4 nitrogen and oxygen atoms in total. The number of thiophene rings is 1. The molecule has 1 amide bonds. The Balaban J connectivity index is 2.38. The van der Waals surface area contributed by atoms with E-state index in [2.05, 4.69) is 5.32 Å². The first-order chi connectivity index (χ1) is 11.3. The Hall–Kier alpha value is -2.35. The van der Waals surface area contributed by atoms with Crippen molar-refractivity contribution in [2.45, 2.75) is 20.8 Å². The van der Waals surface area contributed by atoms with E-state index in [0.717, 1.165) is 22.3 Å². The van der Waals surface area contributed by atoms with E-state index in [1.54, 1.807) is 20.8 Å². The normalized spacial score (nSPS) is 10.6. The Morgan fingerprint density at radius 2 is 1.83 bits per heavy atom. The lowest BCUT2D eigenvalue weighted by atomic mass is 10.1. The summed E-state index contributed by atoms with van der Waals surface area (Å²) >= 11 is 1.11. The smallest absolute Gasteiger partial charge is 0.341 e. The highest BCUT2D eigenvalue weighted by Crippen LogP contribution is 2.33. The van der Waals surface area contributed by atoms with E-state index in [-0.39, 0.29) is 17.2 Å². The van der Waals surface area contributed by atoms with E-state index in [1.165, 1.54) is 0 Å². The Labute approximate surface area is 140 Å². The molecule has 8 heteroatoms. The fraction of sp³-hybridized carbons (Fsp3) is 0.250. The van der Waals surface area contributed by atoms with Gasteiger partial charge in [-0.15, -0.1) is 11.3 Å². The maximum Gasteiger partial charge on any atom is 0.341 e. The molecule has 0 aliphatic carbocycles. The van der Waals surface area contributed by atoms with Crippen molar-refractivity contribution >= 4 is 28.2 Å². The summed E-state index contributed by atoms with van der Waals surface area (Å²) in [5.74, 6) is -6.32. The van der Waals surface area contributed by atoms with Crippen molar-refractivity contribution in [1.29, 1.82) is 0 Å². The number of nitrogens with one attached hydrogen (secondary N) is 1. The first-order valence-corrected chi connectivity index (χ1v) is 7.81. The first kappa shape index (κ1) is 18.0. The SMILES string of the molecule is CCOC(=O)c1c(NC(=O)c2ccc(F)c(F)c2F)sc(C)c1C. The summed E-state index contributed by atoms with van der Waals surface area (Å²) in [4.78, 5) is 25.0. The molecule has 0 aliphatic rings. The zero-order chi connectivity index (χ0) is 18.0. The van der Waals surface area contributed by atoms with Crippen molar-refractivity contribution in [2.75, 3.05) is 11.9 Å². The van der Waals surface area contributed by atoms with Gasteiger partial charge >= 0.3 is 5.97 Å². The molecule has 1 aromatic carbocycles. The minimum atomic E-state index is -1.73. The van der Waals surface area contributed by atoms with Crippen LogP contribution in [0.4, 0.5) is 18.2 Å². The second kappa shape index (κ2) is 7.04. The molecule has 2 aromatic rings. The van der Waals surface area contributed by atoms with Crippen molar-refractivity contribution < 1.29 is 27.5 Å². The van der Waals surface area contributed by atoms with Gasteiger partial charge in [0.1, 0.15) is 5.00 Å². The molecule has 0 spiro atoms. The second-order valence-electron chi connectivity index (χ2n) is 4.88. The fourth-order valence-corrected chi connectivity index (χ4v) is 3.08. The Bertz CT molecular complexity index is 817. The third-order valence-corrected chi connectivity index (χ3v) is 4.49. The average Bonchev–Trinajstić information content (AvgIpc) is 2.79. The van der Waals surface area contributed by atoms with Gasteiger partial charge in [0.25, 0.3) is 5.91 Å². The summed E-state index contributed by atoms with van der Waals surface area (Å²) in [5, 5.41) is 2.53. The van der Waals surface area contributed by atoms with Crippen LogP contribution in [0.15, 0.2) is 12.1 Å². The standard InChI is InChI=1S/C16H14F3NO3S/c1-4-23-16(22)11-7(2)8(3)24-15(11)20-14(21)9-5-6-10(17)13(19)12(9)18/h5-6H,4H2,1-3H3,(H,20,21). The maximum atomic E-state index is 13.7. The number of carbonyl (C=O) groups excluding carboxylic acids is 2. The lowest BCUT2D eigenvalue weighted by molar-refractivity contribution is 0.0527. The Morgan fingerprint density at radius 3 is 2.46 bits per heavy atom. The van der Waals surface area contributed by atoms with Gasteiger partial charge in [-0.05, 0) is 38.5 Å². The van der Waals surface area contributed by atoms with Gasteiger partial charge in [0.05, 0.1) is 17.7 Å². The fourth-order valence-electron chi connectivity index (χ4n) is 2.04.